The van der Waals surface area contributed by atoms with Crippen molar-refractivity contribution in [2.75, 3.05) is 0 Å². The van der Waals surface area contributed by atoms with Crippen LogP contribution in [0.5, 0.6) is 0 Å². The van der Waals surface area contributed by atoms with E-state index in [9.17, 15) is 0 Å². The molecule has 17 heavy (non-hydrogen) atoms. The molecule has 0 amide bonds. The number of fused-ring (bicyclic) bond motifs is 2. The predicted octanol–water partition coefficient (Wildman–Crippen LogP) is 4.21. The number of benzene rings is 1. The summed E-state index contributed by atoms with van der Waals surface area (Å²) >= 11 is 0. The predicted molar refractivity (Wildman–Crippen MR) is 73.1 cm³/mol. The molecule has 3 rings (SSSR count). The number of H-pyrrole nitrogens is 1. The van der Waals surface area contributed by atoms with E-state index in [0.29, 0.717) is 5.92 Å². The molecule has 1 aromatic heterocycles. The molecule has 0 atom stereocenters. The maximum Gasteiger partial charge on any atom is 0.0267 e. The number of rotatable bonds is 1. The molecular weight excluding hydrogens is 206 g/mol. The minimum atomic E-state index is 0.561. The van der Waals surface area contributed by atoms with E-state index in [4.69, 9.17) is 0 Å². The first-order valence-corrected chi connectivity index (χ1v) is 6.22. The van der Waals surface area contributed by atoms with Gasteiger partial charge >= 0.3 is 0 Å². The molecule has 1 aliphatic carbocycles. The molecule has 1 nitrogen and oxygen atoms in total. The van der Waals surface area contributed by atoms with Crippen molar-refractivity contribution in [3.63, 3.8) is 0 Å². The van der Waals surface area contributed by atoms with E-state index in [2.05, 4.69) is 61.3 Å². The van der Waals surface area contributed by atoms with E-state index < -0.39 is 0 Å². The minimum absolute atomic E-state index is 0.561. The van der Waals surface area contributed by atoms with Gasteiger partial charge in [-0.1, -0.05) is 50.3 Å². The number of nitrogens with one attached hydrogen (secondary N) is 1. The normalized spacial score (nSPS) is 13.4. The van der Waals surface area contributed by atoms with Crippen LogP contribution >= 0.6 is 0 Å². The highest BCUT2D eigenvalue weighted by atomic mass is 14.7. The fourth-order valence-corrected chi connectivity index (χ4v) is 2.37. The number of hydrogen-bond acceptors (Lipinski definition) is 0. The van der Waals surface area contributed by atoms with Gasteiger partial charge in [0.2, 0.25) is 0 Å². The highest BCUT2D eigenvalue weighted by Gasteiger charge is 2.12. The lowest BCUT2D eigenvalue weighted by Gasteiger charge is -2.04. The first-order chi connectivity index (χ1) is 8.24. The molecule has 0 fully saturated rings. The first kappa shape index (κ1) is 10.4. The van der Waals surface area contributed by atoms with E-state index >= 15 is 0 Å². The van der Waals surface area contributed by atoms with Crippen molar-refractivity contribution in [2.24, 2.45) is 0 Å². The second-order valence-corrected chi connectivity index (χ2v) is 5.02. The van der Waals surface area contributed by atoms with Gasteiger partial charge in [-0.05, 0) is 28.7 Å². The van der Waals surface area contributed by atoms with Crippen molar-refractivity contribution in [3.05, 3.63) is 58.4 Å². The Hall–Kier alpha value is -1.76. The average Bonchev–Trinajstić information content (AvgIpc) is 2.64. The fraction of sp³-hybridized carbons (Fsp3) is 0.250. The summed E-state index contributed by atoms with van der Waals surface area (Å²) in [7, 11) is 0. The third kappa shape index (κ3) is 1.82. The van der Waals surface area contributed by atoms with Crippen molar-refractivity contribution >= 4 is 12.2 Å². The van der Waals surface area contributed by atoms with Gasteiger partial charge in [0.25, 0.3) is 0 Å². The maximum atomic E-state index is 3.56. The Morgan fingerprint density at radius 1 is 1.06 bits per heavy atom. The molecule has 1 heteroatoms. The van der Waals surface area contributed by atoms with E-state index in [1.54, 1.807) is 0 Å². The summed E-state index contributed by atoms with van der Waals surface area (Å²) in [6, 6.07) is 10.9. The zero-order chi connectivity index (χ0) is 11.8. The molecule has 0 saturated heterocycles. The molecule has 0 bridgehead atoms. The zero-order valence-electron chi connectivity index (χ0n) is 10.3. The Bertz CT molecular complexity index is 573. The molecular formula is C16H17N. The van der Waals surface area contributed by atoms with Crippen LogP contribution in [0.25, 0.3) is 12.2 Å². The highest BCUT2D eigenvalue weighted by molar-refractivity contribution is 5.75. The van der Waals surface area contributed by atoms with Gasteiger partial charge in [-0.2, -0.15) is 0 Å². The maximum absolute atomic E-state index is 3.56. The van der Waals surface area contributed by atoms with Crippen LogP contribution in [0.2, 0.25) is 0 Å². The zero-order valence-corrected chi connectivity index (χ0v) is 10.3. The summed E-state index contributed by atoms with van der Waals surface area (Å²) in [4.78, 5) is 3.56. The lowest BCUT2D eigenvalue weighted by molar-refractivity contribution is 0.825. The Balaban J connectivity index is 2.08. The molecule has 0 unspecified atom stereocenters. The van der Waals surface area contributed by atoms with Crippen LogP contribution in [0.15, 0.2) is 30.3 Å². The van der Waals surface area contributed by atoms with E-state index in [0.717, 1.165) is 6.42 Å². The van der Waals surface area contributed by atoms with Gasteiger partial charge in [0.15, 0.2) is 0 Å². The van der Waals surface area contributed by atoms with Gasteiger partial charge in [-0.15, -0.1) is 0 Å². The Kier molecular flexibility index (Phi) is 2.40. The van der Waals surface area contributed by atoms with E-state index in [1.807, 2.05) is 0 Å². The minimum Gasteiger partial charge on any atom is -0.361 e. The van der Waals surface area contributed by atoms with Gasteiger partial charge < -0.3 is 4.98 Å². The molecule has 1 aliphatic rings. The summed E-state index contributed by atoms with van der Waals surface area (Å²) in [5.74, 6) is 0.561. The van der Waals surface area contributed by atoms with Crippen molar-refractivity contribution in [1.82, 2.24) is 4.98 Å². The van der Waals surface area contributed by atoms with Gasteiger partial charge in [0.05, 0.1) is 0 Å². The van der Waals surface area contributed by atoms with Crippen LogP contribution in [-0.2, 0) is 6.42 Å². The van der Waals surface area contributed by atoms with Crippen LogP contribution in [0, 0.1) is 0 Å². The molecule has 0 aliphatic heterocycles. The molecule has 1 heterocycles. The largest absolute Gasteiger partial charge is 0.361 e. The Morgan fingerprint density at radius 3 is 2.65 bits per heavy atom. The molecule has 2 aromatic rings. The Labute approximate surface area is 102 Å². The fourth-order valence-electron chi connectivity index (χ4n) is 2.37. The van der Waals surface area contributed by atoms with E-state index in [1.165, 1.54) is 28.1 Å². The SMILES string of the molecule is CC(C)c1cc2c([nH]1)Cc1ccccc1C=C2. The standard InChI is InChI=1S/C16H17N/c1-11(2)15-10-14-8-7-12-5-3-4-6-13(12)9-16(14)17-15/h3-8,10-11,17H,9H2,1-2H3. The monoisotopic (exact) mass is 223 g/mol. The summed E-state index contributed by atoms with van der Waals surface area (Å²) in [6.45, 7) is 4.45. The summed E-state index contributed by atoms with van der Waals surface area (Å²) in [5.41, 5.74) is 6.75. The summed E-state index contributed by atoms with van der Waals surface area (Å²) < 4.78 is 0. The number of aromatic nitrogens is 1. The summed E-state index contributed by atoms with van der Waals surface area (Å²) in [6.07, 6.45) is 5.45. The van der Waals surface area contributed by atoms with Crippen molar-refractivity contribution in [3.8, 4) is 0 Å². The number of aromatic amines is 1. The van der Waals surface area contributed by atoms with Gasteiger partial charge in [0.1, 0.15) is 0 Å². The first-order valence-electron chi connectivity index (χ1n) is 6.22. The lowest BCUT2D eigenvalue weighted by atomic mass is 10.0. The molecule has 1 N–H and O–H groups in total. The summed E-state index contributed by atoms with van der Waals surface area (Å²) in [5, 5.41) is 0. The van der Waals surface area contributed by atoms with Crippen LogP contribution in [0.3, 0.4) is 0 Å². The van der Waals surface area contributed by atoms with Crippen LogP contribution in [-0.4, -0.2) is 4.98 Å². The third-order valence-electron chi connectivity index (χ3n) is 3.44. The van der Waals surface area contributed by atoms with Gasteiger partial charge in [0, 0.05) is 17.8 Å². The molecule has 0 saturated carbocycles. The quantitative estimate of drug-likeness (QED) is 0.636. The van der Waals surface area contributed by atoms with Gasteiger partial charge in [-0.25, -0.2) is 0 Å². The van der Waals surface area contributed by atoms with Crippen molar-refractivity contribution in [1.29, 1.82) is 0 Å². The van der Waals surface area contributed by atoms with E-state index in [-0.39, 0.29) is 0 Å². The smallest absolute Gasteiger partial charge is 0.0267 e. The van der Waals surface area contributed by atoms with Crippen LogP contribution in [0.1, 0.15) is 47.8 Å². The second kappa shape index (κ2) is 3.92. The second-order valence-electron chi connectivity index (χ2n) is 5.02. The topological polar surface area (TPSA) is 15.8 Å². The van der Waals surface area contributed by atoms with Crippen LogP contribution < -0.4 is 0 Å². The molecule has 0 radical (unpaired) electrons. The molecule has 0 spiro atoms. The lowest BCUT2D eigenvalue weighted by Crippen LogP contribution is -1.93. The Morgan fingerprint density at radius 2 is 1.82 bits per heavy atom. The average molecular weight is 223 g/mol. The van der Waals surface area contributed by atoms with Crippen LogP contribution in [0.4, 0.5) is 0 Å². The molecule has 86 valence electrons. The van der Waals surface area contributed by atoms with Crippen molar-refractivity contribution < 1.29 is 0 Å². The third-order valence-corrected chi connectivity index (χ3v) is 3.44. The highest BCUT2D eigenvalue weighted by Crippen LogP contribution is 2.27. The van der Waals surface area contributed by atoms with Crippen molar-refractivity contribution in [2.45, 2.75) is 26.2 Å². The molecule has 1 aromatic carbocycles. The number of hydrogen-bond donors (Lipinski definition) is 1. The van der Waals surface area contributed by atoms with Gasteiger partial charge in [-0.3, -0.25) is 0 Å².